The molecule has 0 radical (unpaired) electrons. The fourth-order valence-corrected chi connectivity index (χ4v) is 3.43. The summed E-state index contributed by atoms with van der Waals surface area (Å²) in [5.41, 5.74) is 2.22. The number of rotatable bonds is 5. The number of para-hydroxylation sites is 1. The zero-order valence-corrected chi connectivity index (χ0v) is 15.8. The lowest BCUT2D eigenvalue weighted by molar-refractivity contribution is -0.116. The molecule has 3 aromatic rings. The topological polar surface area (TPSA) is 64.0 Å². The van der Waals surface area contributed by atoms with Gasteiger partial charge >= 0.3 is 0 Å². The van der Waals surface area contributed by atoms with Gasteiger partial charge in [-0.15, -0.1) is 0 Å². The van der Waals surface area contributed by atoms with E-state index in [1.807, 2.05) is 37.3 Å². The zero-order valence-electron chi connectivity index (χ0n) is 15.0. The number of carbonyl (C=O) groups is 1. The van der Waals surface area contributed by atoms with Gasteiger partial charge in [-0.3, -0.25) is 14.2 Å². The normalized spacial score (nSPS) is 13.7. The van der Waals surface area contributed by atoms with E-state index in [-0.39, 0.29) is 23.9 Å². The van der Waals surface area contributed by atoms with E-state index in [0.29, 0.717) is 33.9 Å². The molecule has 1 amide bonds. The third-order valence-electron chi connectivity index (χ3n) is 4.91. The monoisotopic (exact) mass is 381 g/mol. The number of aryl methyl sites for hydroxylation is 1. The van der Waals surface area contributed by atoms with Crippen LogP contribution in [0.1, 0.15) is 36.7 Å². The van der Waals surface area contributed by atoms with Crippen molar-refractivity contribution >= 4 is 34.1 Å². The average molecular weight is 382 g/mol. The Kier molecular flexibility index (Phi) is 4.70. The minimum atomic E-state index is -0.120. The van der Waals surface area contributed by atoms with Crippen molar-refractivity contribution in [2.24, 2.45) is 0 Å². The fraction of sp³-hybridized carbons (Fsp3) is 0.286. The molecule has 0 atom stereocenters. The molecule has 1 heterocycles. The number of amides is 1. The van der Waals surface area contributed by atoms with E-state index in [4.69, 9.17) is 11.6 Å². The van der Waals surface area contributed by atoms with Gasteiger partial charge in [0.2, 0.25) is 5.91 Å². The van der Waals surface area contributed by atoms with Gasteiger partial charge in [-0.1, -0.05) is 29.8 Å². The minimum absolute atomic E-state index is 0.0100. The van der Waals surface area contributed by atoms with Crippen LogP contribution in [0.25, 0.3) is 10.9 Å². The molecule has 6 heteroatoms. The Bertz CT molecular complexity index is 1090. The van der Waals surface area contributed by atoms with Crippen molar-refractivity contribution in [3.8, 4) is 0 Å². The summed E-state index contributed by atoms with van der Waals surface area (Å²) in [5, 5.41) is 4.15. The molecule has 0 unspecified atom stereocenters. The van der Waals surface area contributed by atoms with Gasteiger partial charge in [0.25, 0.3) is 5.56 Å². The molecule has 1 aliphatic rings. The highest BCUT2D eigenvalue weighted by molar-refractivity contribution is 6.31. The number of benzene rings is 2. The van der Waals surface area contributed by atoms with Gasteiger partial charge in [-0.25, -0.2) is 4.98 Å². The molecule has 1 aromatic heterocycles. The molecule has 27 heavy (non-hydrogen) atoms. The highest BCUT2D eigenvalue weighted by Gasteiger charge is 2.28. The number of nitrogens with zero attached hydrogens (tertiary/aromatic N) is 2. The number of nitrogens with one attached hydrogen (secondary N) is 1. The van der Waals surface area contributed by atoms with Gasteiger partial charge < -0.3 is 5.32 Å². The van der Waals surface area contributed by atoms with E-state index in [2.05, 4.69) is 10.3 Å². The van der Waals surface area contributed by atoms with Crippen LogP contribution >= 0.6 is 11.6 Å². The number of fused-ring (bicyclic) bond motifs is 1. The molecule has 0 aliphatic heterocycles. The van der Waals surface area contributed by atoms with E-state index in [1.165, 1.54) is 0 Å². The second-order valence-electron chi connectivity index (χ2n) is 6.91. The molecule has 0 saturated heterocycles. The molecule has 5 nitrogen and oxygen atoms in total. The summed E-state index contributed by atoms with van der Waals surface area (Å²) in [7, 11) is 0. The highest BCUT2D eigenvalue weighted by Crippen LogP contribution is 2.35. The van der Waals surface area contributed by atoms with Crippen LogP contribution in [0.15, 0.2) is 47.3 Å². The molecule has 2 aromatic carbocycles. The summed E-state index contributed by atoms with van der Waals surface area (Å²) in [4.78, 5) is 30.0. The molecule has 0 bridgehead atoms. The van der Waals surface area contributed by atoms with Crippen molar-refractivity contribution in [2.45, 2.75) is 38.6 Å². The van der Waals surface area contributed by atoms with Crippen molar-refractivity contribution in [2.75, 3.05) is 5.32 Å². The van der Waals surface area contributed by atoms with E-state index in [0.717, 1.165) is 18.4 Å². The molecular weight excluding hydrogens is 362 g/mol. The van der Waals surface area contributed by atoms with Crippen LogP contribution in [0.5, 0.6) is 0 Å². The van der Waals surface area contributed by atoms with Crippen molar-refractivity contribution in [3.05, 3.63) is 69.2 Å². The van der Waals surface area contributed by atoms with Crippen molar-refractivity contribution in [1.82, 2.24) is 9.55 Å². The maximum atomic E-state index is 12.9. The lowest BCUT2D eigenvalue weighted by Crippen LogP contribution is -2.25. The molecule has 0 spiro atoms. The summed E-state index contributed by atoms with van der Waals surface area (Å²) in [6.07, 6.45) is 2.65. The van der Waals surface area contributed by atoms with Gasteiger partial charge in [0, 0.05) is 29.6 Å². The molecule has 1 aliphatic carbocycles. The van der Waals surface area contributed by atoms with Crippen molar-refractivity contribution < 1.29 is 4.79 Å². The molecule has 1 N–H and O–H groups in total. The van der Waals surface area contributed by atoms with Gasteiger partial charge in [0.1, 0.15) is 5.82 Å². The van der Waals surface area contributed by atoms with E-state index < -0.39 is 0 Å². The first-order chi connectivity index (χ1) is 13.0. The third kappa shape index (κ3) is 3.60. The second kappa shape index (κ2) is 7.16. The summed E-state index contributed by atoms with van der Waals surface area (Å²) in [6, 6.07) is 13.0. The Labute approximate surface area is 162 Å². The Hall–Kier alpha value is -2.66. The summed E-state index contributed by atoms with van der Waals surface area (Å²) in [5.74, 6) is 0.560. The van der Waals surface area contributed by atoms with Gasteiger partial charge in [0.05, 0.1) is 10.9 Å². The molecular formula is C21H20ClN3O2. The number of hydrogen-bond acceptors (Lipinski definition) is 3. The lowest BCUT2D eigenvalue weighted by Gasteiger charge is -2.13. The van der Waals surface area contributed by atoms with Crippen LogP contribution in [0, 0.1) is 6.92 Å². The second-order valence-corrected chi connectivity index (χ2v) is 7.32. The van der Waals surface area contributed by atoms with Crippen LogP contribution in [0.3, 0.4) is 0 Å². The van der Waals surface area contributed by atoms with E-state index in [1.54, 1.807) is 16.7 Å². The number of aromatic nitrogens is 2. The van der Waals surface area contributed by atoms with Crippen LogP contribution < -0.4 is 10.9 Å². The zero-order chi connectivity index (χ0) is 19.0. The number of carbonyl (C=O) groups excluding carboxylic acids is 1. The fourth-order valence-electron chi connectivity index (χ4n) is 3.26. The Balaban J connectivity index is 1.56. The Morgan fingerprint density at radius 2 is 2.00 bits per heavy atom. The quantitative estimate of drug-likeness (QED) is 0.718. The van der Waals surface area contributed by atoms with Crippen LogP contribution in [-0.4, -0.2) is 15.5 Å². The molecule has 1 fully saturated rings. The first kappa shape index (κ1) is 17.7. The summed E-state index contributed by atoms with van der Waals surface area (Å²) in [6.45, 7) is 1.87. The maximum absolute atomic E-state index is 12.9. The molecule has 1 saturated carbocycles. The van der Waals surface area contributed by atoms with Gasteiger partial charge in [-0.05, 0) is 49.6 Å². The summed E-state index contributed by atoms with van der Waals surface area (Å²) >= 11 is 6.11. The molecule has 138 valence electrons. The Morgan fingerprint density at radius 1 is 1.22 bits per heavy atom. The first-order valence-electron chi connectivity index (χ1n) is 9.09. The van der Waals surface area contributed by atoms with Gasteiger partial charge in [-0.2, -0.15) is 0 Å². The smallest absolute Gasteiger partial charge is 0.261 e. The lowest BCUT2D eigenvalue weighted by atomic mass is 10.2. The Morgan fingerprint density at radius 3 is 2.78 bits per heavy atom. The first-order valence-corrected chi connectivity index (χ1v) is 9.47. The van der Waals surface area contributed by atoms with E-state index in [9.17, 15) is 9.59 Å². The number of anilines is 1. The van der Waals surface area contributed by atoms with Crippen LogP contribution in [-0.2, 0) is 11.2 Å². The maximum Gasteiger partial charge on any atom is 0.261 e. The molecule has 4 rings (SSSR count). The standard InChI is InChI=1S/C21H20ClN3O2/c1-13-16(22)6-4-8-17(13)24-20(26)12-11-19-23-18-7-3-2-5-15(18)21(27)25(19)14-9-10-14/h2-8,14H,9-12H2,1H3,(H,24,26). The van der Waals surface area contributed by atoms with Gasteiger partial charge in [0.15, 0.2) is 0 Å². The highest BCUT2D eigenvalue weighted by atomic mass is 35.5. The van der Waals surface area contributed by atoms with Crippen LogP contribution in [0.4, 0.5) is 5.69 Å². The van der Waals surface area contributed by atoms with Crippen molar-refractivity contribution in [3.63, 3.8) is 0 Å². The predicted molar refractivity (Wildman–Crippen MR) is 107 cm³/mol. The number of halogens is 1. The number of hydrogen-bond donors (Lipinski definition) is 1. The van der Waals surface area contributed by atoms with Crippen molar-refractivity contribution in [1.29, 1.82) is 0 Å². The van der Waals surface area contributed by atoms with E-state index >= 15 is 0 Å². The third-order valence-corrected chi connectivity index (χ3v) is 5.32. The predicted octanol–water partition coefficient (Wildman–Crippen LogP) is 4.26. The van der Waals surface area contributed by atoms with Crippen LogP contribution in [0.2, 0.25) is 5.02 Å². The average Bonchev–Trinajstić information content (AvgIpc) is 3.49. The SMILES string of the molecule is Cc1c(Cl)cccc1NC(=O)CCc1nc2ccccc2c(=O)n1C1CC1. The minimum Gasteiger partial charge on any atom is -0.326 e. The summed E-state index contributed by atoms with van der Waals surface area (Å²) < 4.78 is 1.78. The largest absolute Gasteiger partial charge is 0.326 e.